The van der Waals surface area contributed by atoms with Crippen molar-refractivity contribution < 1.29 is 54.8 Å². The molecule has 0 spiro atoms. The monoisotopic (exact) mass is 383 g/mol. The summed E-state index contributed by atoms with van der Waals surface area (Å²) in [6.07, 6.45) is -13.7. The zero-order valence-electron chi connectivity index (χ0n) is 14.0. The van der Waals surface area contributed by atoms with Crippen LogP contribution in [-0.4, -0.2) is 116 Å². The number of aliphatic hydroxyl groups is 7. The average Bonchev–Trinajstić information content (AvgIpc) is 2.60. The Bertz CT molecular complexity index is 478. The van der Waals surface area contributed by atoms with Gasteiger partial charge in [-0.1, -0.05) is 0 Å². The van der Waals surface area contributed by atoms with Gasteiger partial charge in [0.25, 0.3) is 0 Å². The van der Waals surface area contributed by atoms with Crippen LogP contribution in [0.2, 0.25) is 0 Å². The second-order valence-corrected chi connectivity index (χ2v) is 6.26. The quantitative estimate of drug-likeness (QED) is 0.226. The highest BCUT2D eigenvalue weighted by Crippen LogP contribution is 2.28. The van der Waals surface area contributed by atoms with E-state index in [1.165, 1.54) is 0 Å². The van der Waals surface area contributed by atoms with E-state index < -0.39 is 80.5 Å². The van der Waals surface area contributed by atoms with Gasteiger partial charge >= 0.3 is 0 Å². The number of carbonyl (C=O) groups excluding carboxylic acids is 1. The highest BCUT2D eigenvalue weighted by Gasteiger charge is 2.50. The van der Waals surface area contributed by atoms with Crippen LogP contribution in [0.5, 0.6) is 0 Å². The van der Waals surface area contributed by atoms with Crippen molar-refractivity contribution in [2.45, 2.75) is 68.3 Å². The van der Waals surface area contributed by atoms with Gasteiger partial charge in [-0.2, -0.15) is 0 Å². The van der Waals surface area contributed by atoms with E-state index in [-0.39, 0.29) is 0 Å². The number of ether oxygens (including phenoxy) is 3. The van der Waals surface area contributed by atoms with Gasteiger partial charge < -0.3 is 55.3 Å². The van der Waals surface area contributed by atoms with Crippen molar-refractivity contribution in [1.82, 2.24) is 5.32 Å². The van der Waals surface area contributed by atoms with Crippen LogP contribution < -0.4 is 5.32 Å². The lowest BCUT2D eigenvalue weighted by molar-refractivity contribution is -0.341. The predicted octanol–water partition coefficient (Wildman–Crippen LogP) is -5.25. The Balaban J connectivity index is 2.21. The minimum atomic E-state index is -1.74. The summed E-state index contributed by atoms with van der Waals surface area (Å²) in [6, 6.07) is -1.28. The highest BCUT2D eigenvalue weighted by atomic mass is 16.7. The lowest BCUT2D eigenvalue weighted by Crippen LogP contribution is -2.67. The van der Waals surface area contributed by atoms with Crippen molar-refractivity contribution in [2.24, 2.45) is 0 Å². The molecule has 26 heavy (non-hydrogen) atoms. The molecule has 2 fully saturated rings. The molecule has 0 radical (unpaired) electrons. The molecule has 2 heterocycles. The first-order valence-corrected chi connectivity index (χ1v) is 8.06. The summed E-state index contributed by atoms with van der Waals surface area (Å²) >= 11 is 0. The summed E-state index contributed by atoms with van der Waals surface area (Å²) in [5, 5.41) is 70.7. The molecule has 0 saturated carbocycles. The fourth-order valence-corrected chi connectivity index (χ4v) is 2.97. The van der Waals surface area contributed by atoms with Crippen molar-refractivity contribution in [2.75, 3.05) is 13.2 Å². The van der Waals surface area contributed by atoms with E-state index in [9.17, 15) is 40.5 Å². The standard InChI is InChI=1S/C14H25NO11/c1-4(18)15-7-12(9(20)6(3-17)24-13(7)23)26-14-11(22)10(21)8(19)5(2-16)25-14/h5-14,16-17,19-23H,2-3H2,1H3,(H,15,18)/t5-,6-,7-,8-,9-,10+,11-,12-,13-,14-/m1/s1. The minimum Gasteiger partial charge on any atom is -0.394 e. The van der Waals surface area contributed by atoms with Gasteiger partial charge in [-0.05, 0) is 0 Å². The molecule has 2 aliphatic heterocycles. The van der Waals surface area contributed by atoms with Crippen molar-refractivity contribution in [1.29, 1.82) is 0 Å². The molecule has 8 N–H and O–H groups in total. The molecule has 1 amide bonds. The van der Waals surface area contributed by atoms with Crippen LogP contribution in [0.1, 0.15) is 6.92 Å². The molecule has 0 aromatic heterocycles. The molecule has 0 bridgehead atoms. The lowest BCUT2D eigenvalue weighted by Gasteiger charge is -2.46. The molecular weight excluding hydrogens is 358 g/mol. The molecule has 12 nitrogen and oxygen atoms in total. The van der Waals surface area contributed by atoms with E-state index in [2.05, 4.69) is 5.32 Å². The zero-order chi connectivity index (χ0) is 19.6. The fourth-order valence-electron chi connectivity index (χ4n) is 2.97. The van der Waals surface area contributed by atoms with Gasteiger partial charge in [0.15, 0.2) is 12.6 Å². The first kappa shape index (κ1) is 21.4. The summed E-state index contributed by atoms with van der Waals surface area (Å²) < 4.78 is 15.7. The minimum absolute atomic E-state index is 0.574. The van der Waals surface area contributed by atoms with Gasteiger partial charge in [-0.15, -0.1) is 0 Å². The van der Waals surface area contributed by atoms with Crippen molar-refractivity contribution in [3.05, 3.63) is 0 Å². The maximum absolute atomic E-state index is 11.4. The molecule has 0 unspecified atom stereocenters. The average molecular weight is 383 g/mol. The number of aliphatic hydroxyl groups excluding tert-OH is 7. The predicted molar refractivity (Wildman–Crippen MR) is 80.2 cm³/mol. The highest BCUT2D eigenvalue weighted by molar-refractivity contribution is 5.73. The summed E-state index contributed by atoms with van der Waals surface area (Å²) in [5.74, 6) is -0.574. The van der Waals surface area contributed by atoms with Gasteiger partial charge in [0, 0.05) is 6.92 Å². The lowest BCUT2D eigenvalue weighted by atomic mass is 9.95. The SMILES string of the molecule is CC(=O)N[C@@H]1[C@@H](O[C@H]2O[C@H](CO)[C@@H](O)[C@H](O)[C@H]2O)[C@H](O)[C@@H](CO)O[C@H]1O. The molecule has 10 atom stereocenters. The normalized spacial score (nSPS) is 46.8. The Morgan fingerprint density at radius 3 is 2.04 bits per heavy atom. The van der Waals surface area contributed by atoms with E-state index in [0.29, 0.717) is 0 Å². The molecule has 12 heteroatoms. The largest absolute Gasteiger partial charge is 0.394 e. The summed E-state index contributed by atoms with van der Waals surface area (Å²) in [7, 11) is 0. The third kappa shape index (κ3) is 4.31. The van der Waals surface area contributed by atoms with Crippen LogP contribution >= 0.6 is 0 Å². The molecule has 0 aromatic carbocycles. The Hall–Kier alpha value is -0.930. The van der Waals surface area contributed by atoms with Crippen LogP contribution in [0.25, 0.3) is 0 Å². The summed E-state index contributed by atoms with van der Waals surface area (Å²) in [4.78, 5) is 11.4. The molecule has 0 aliphatic carbocycles. The van der Waals surface area contributed by atoms with E-state index >= 15 is 0 Å². The maximum Gasteiger partial charge on any atom is 0.217 e. The van der Waals surface area contributed by atoms with Gasteiger partial charge in [-0.3, -0.25) is 4.79 Å². The number of hydrogen-bond donors (Lipinski definition) is 8. The summed E-state index contributed by atoms with van der Waals surface area (Å²) in [6.45, 7) is -0.195. The number of carbonyl (C=O) groups is 1. The van der Waals surface area contributed by atoms with Crippen LogP contribution in [-0.2, 0) is 19.0 Å². The molecule has 2 rings (SSSR count). The van der Waals surface area contributed by atoms with Gasteiger partial charge in [0.1, 0.15) is 48.8 Å². The van der Waals surface area contributed by atoms with Crippen molar-refractivity contribution >= 4 is 5.91 Å². The molecule has 2 saturated heterocycles. The van der Waals surface area contributed by atoms with Crippen LogP contribution in [0.4, 0.5) is 0 Å². The van der Waals surface area contributed by atoms with Crippen LogP contribution in [0, 0.1) is 0 Å². The Labute approximate surface area is 148 Å². The van der Waals surface area contributed by atoms with Gasteiger partial charge in [0.2, 0.25) is 5.91 Å². The number of amides is 1. The second-order valence-electron chi connectivity index (χ2n) is 6.26. The van der Waals surface area contributed by atoms with E-state index in [1.54, 1.807) is 0 Å². The van der Waals surface area contributed by atoms with Gasteiger partial charge in [0.05, 0.1) is 13.2 Å². The molecular formula is C14H25NO11. The smallest absolute Gasteiger partial charge is 0.217 e. The first-order chi connectivity index (χ1) is 12.2. The van der Waals surface area contributed by atoms with Crippen LogP contribution in [0.3, 0.4) is 0 Å². The number of hydrogen-bond acceptors (Lipinski definition) is 11. The summed E-state index contributed by atoms with van der Waals surface area (Å²) in [5.41, 5.74) is 0. The van der Waals surface area contributed by atoms with Crippen LogP contribution in [0.15, 0.2) is 0 Å². The Kier molecular flexibility index (Phi) is 7.27. The number of rotatable bonds is 5. The molecule has 2 aliphatic rings. The molecule has 0 aromatic rings. The second kappa shape index (κ2) is 8.84. The Morgan fingerprint density at radius 2 is 1.50 bits per heavy atom. The van der Waals surface area contributed by atoms with Crippen molar-refractivity contribution in [3.8, 4) is 0 Å². The first-order valence-electron chi connectivity index (χ1n) is 8.06. The maximum atomic E-state index is 11.4. The fraction of sp³-hybridized carbons (Fsp3) is 0.929. The molecule has 152 valence electrons. The van der Waals surface area contributed by atoms with Gasteiger partial charge in [-0.25, -0.2) is 0 Å². The van der Waals surface area contributed by atoms with E-state index in [4.69, 9.17) is 14.2 Å². The topological polar surface area (TPSA) is 198 Å². The van der Waals surface area contributed by atoms with E-state index in [0.717, 1.165) is 6.92 Å². The van der Waals surface area contributed by atoms with Crippen molar-refractivity contribution in [3.63, 3.8) is 0 Å². The number of nitrogens with one attached hydrogen (secondary N) is 1. The Morgan fingerprint density at radius 1 is 0.923 bits per heavy atom. The third-order valence-corrected chi connectivity index (χ3v) is 4.38. The zero-order valence-corrected chi connectivity index (χ0v) is 14.0. The third-order valence-electron chi connectivity index (χ3n) is 4.38. The van der Waals surface area contributed by atoms with E-state index in [1.807, 2.05) is 0 Å².